The van der Waals surface area contributed by atoms with Gasteiger partial charge in [0.25, 0.3) is 0 Å². The zero-order valence-corrected chi connectivity index (χ0v) is 17.8. The van der Waals surface area contributed by atoms with Gasteiger partial charge in [0, 0.05) is 31.0 Å². The highest BCUT2D eigenvalue weighted by atomic mass is 19.1. The quantitative estimate of drug-likeness (QED) is 0.231. The molecule has 166 valence electrons. The lowest BCUT2D eigenvalue weighted by Gasteiger charge is -2.24. The number of halogens is 1. The van der Waals surface area contributed by atoms with Crippen molar-refractivity contribution in [3.63, 3.8) is 0 Å². The Balaban J connectivity index is 2.11. The minimum absolute atomic E-state index is 0.102. The first-order valence-electron chi connectivity index (χ1n) is 10.2. The average molecular weight is 422 g/mol. The normalized spacial score (nSPS) is 19.1. The van der Waals surface area contributed by atoms with Crippen molar-refractivity contribution in [2.24, 2.45) is 23.7 Å². The molecule has 0 saturated heterocycles. The van der Waals surface area contributed by atoms with Gasteiger partial charge in [-0.05, 0) is 49.5 Å². The molecule has 2 aliphatic carbocycles. The van der Waals surface area contributed by atoms with Gasteiger partial charge in [-0.25, -0.2) is 0 Å². The van der Waals surface area contributed by atoms with Crippen LogP contribution in [0, 0.1) is 39.9 Å². The molecule has 2 unspecified atom stereocenters. The van der Waals surface area contributed by atoms with Gasteiger partial charge in [-0.3, -0.25) is 15.6 Å². The van der Waals surface area contributed by atoms with Crippen LogP contribution in [0.3, 0.4) is 0 Å². The van der Waals surface area contributed by atoms with Gasteiger partial charge < -0.3 is 25.5 Å². The van der Waals surface area contributed by atoms with Gasteiger partial charge in [-0.2, -0.15) is 4.39 Å². The molecular weight excluding hydrogens is 389 g/mol. The predicted molar refractivity (Wildman–Crippen MR) is 114 cm³/mol. The molecule has 0 radical (unpaired) electrons. The van der Waals surface area contributed by atoms with Crippen molar-refractivity contribution in [2.75, 3.05) is 20.8 Å². The predicted octanol–water partition coefficient (Wildman–Crippen LogP) is 2.77. The molecule has 0 aromatic heterocycles. The molecule has 0 bridgehead atoms. The SMILES string of the molecule is COCC(N/C=C(/NC(=O)C(C)C(C1CC1)C1CC1)C(=N)F)/C(=C/C=N)C(=N)OC. The monoisotopic (exact) mass is 421 g/mol. The highest BCUT2D eigenvalue weighted by Crippen LogP contribution is 2.52. The van der Waals surface area contributed by atoms with E-state index in [-0.39, 0.29) is 30.0 Å². The van der Waals surface area contributed by atoms with E-state index in [0.29, 0.717) is 23.3 Å². The molecule has 2 rings (SSSR count). The van der Waals surface area contributed by atoms with Crippen molar-refractivity contribution in [1.29, 1.82) is 16.2 Å². The smallest absolute Gasteiger partial charge is 0.230 e. The van der Waals surface area contributed by atoms with Crippen LogP contribution >= 0.6 is 0 Å². The van der Waals surface area contributed by atoms with Crippen LogP contribution in [0.15, 0.2) is 23.5 Å². The van der Waals surface area contributed by atoms with Crippen LogP contribution in [0.1, 0.15) is 32.6 Å². The lowest BCUT2D eigenvalue weighted by atomic mass is 9.84. The van der Waals surface area contributed by atoms with Crippen LogP contribution < -0.4 is 10.6 Å². The Kier molecular flexibility index (Phi) is 8.71. The Bertz CT molecular complexity index is 716. The zero-order chi connectivity index (χ0) is 22.3. The van der Waals surface area contributed by atoms with Crippen LogP contribution in [-0.4, -0.2) is 50.9 Å². The van der Waals surface area contributed by atoms with Gasteiger partial charge in [-0.15, -0.1) is 0 Å². The largest absolute Gasteiger partial charge is 0.481 e. The fraction of sp³-hybridized carbons (Fsp3) is 0.619. The van der Waals surface area contributed by atoms with Crippen molar-refractivity contribution in [3.05, 3.63) is 23.5 Å². The number of amides is 1. The number of carbonyl (C=O) groups is 1. The minimum atomic E-state index is -1.27. The molecule has 2 saturated carbocycles. The Labute approximate surface area is 176 Å². The number of hydrogen-bond acceptors (Lipinski definition) is 7. The Morgan fingerprint density at radius 3 is 2.23 bits per heavy atom. The number of rotatable bonds is 13. The first-order valence-corrected chi connectivity index (χ1v) is 10.2. The maximum absolute atomic E-state index is 13.9. The molecule has 8 nitrogen and oxygen atoms in total. The molecule has 9 heteroatoms. The third kappa shape index (κ3) is 6.48. The number of hydrogen-bond donors (Lipinski definition) is 5. The van der Waals surface area contributed by atoms with E-state index in [2.05, 4.69) is 10.6 Å². The summed E-state index contributed by atoms with van der Waals surface area (Å²) in [5, 5.41) is 28.0. The molecule has 0 aromatic carbocycles. The summed E-state index contributed by atoms with van der Waals surface area (Å²) in [7, 11) is 2.80. The molecule has 2 aliphatic rings. The maximum Gasteiger partial charge on any atom is 0.230 e. The van der Waals surface area contributed by atoms with Gasteiger partial charge in [0.2, 0.25) is 17.8 Å². The maximum atomic E-state index is 13.9. The highest BCUT2D eigenvalue weighted by Gasteiger charge is 2.46. The molecule has 30 heavy (non-hydrogen) atoms. The second kappa shape index (κ2) is 11.0. The van der Waals surface area contributed by atoms with E-state index in [1.165, 1.54) is 26.5 Å². The minimum Gasteiger partial charge on any atom is -0.481 e. The zero-order valence-electron chi connectivity index (χ0n) is 17.8. The third-order valence-corrected chi connectivity index (χ3v) is 5.68. The van der Waals surface area contributed by atoms with Crippen LogP contribution in [0.2, 0.25) is 0 Å². The van der Waals surface area contributed by atoms with E-state index in [1.807, 2.05) is 6.92 Å². The van der Waals surface area contributed by atoms with Gasteiger partial charge in [0.05, 0.1) is 19.8 Å². The van der Waals surface area contributed by atoms with Gasteiger partial charge in [-0.1, -0.05) is 6.92 Å². The lowest BCUT2D eigenvalue weighted by molar-refractivity contribution is -0.125. The molecule has 5 N–H and O–H groups in total. The molecular formula is C21H32FN5O3. The van der Waals surface area contributed by atoms with E-state index in [9.17, 15) is 9.18 Å². The Morgan fingerprint density at radius 1 is 1.20 bits per heavy atom. The summed E-state index contributed by atoms with van der Waals surface area (Å²) in [5.41, 5.74) is 0.0361. The van der Waals surface area contributed by atoms with Crippen molar-refractivity contribution in [3.8, 4) is 0 Å². The van der Waals surface area contributed by atoms with E-state index in [0.717, 1.165) is 31.9 Å². The van der Waals surface area contributed by atoms with Crippen molar-refractivity contribution < 1.29 is 18.7 Å². The summed E-state index contributed by atoms with van der Waals surface area (Å²) < 4.78 is 23.9. The Morgan fingerprint density at radius 2 is 1.80 bits per heavy atom. The number of nitrogens with one attached hydrogen (secondary N) is 5. The fourth-order valence-electron chi connectivity index (χ4n) is 3.88. The first kappa shape index (κ1) is 23.7. The summed E-state index contributed by atoms with van der Waals surface area (Å²) in [6.45, 7) is 1.98. The standard InChI is InChI=1S/C21H32FN5O3/c1-12(18(13-4-5-13)14-6-7-14)21(28)27-16(19(22)24)10-26-17(11-29-2)15(8-9-23)20(25)30-3/h8-10,12-14,17-18,23-26H,4-7,11H2,1-3H3,(H,27,28)/b15-8-,16-10+,23-9?,24-19?,25-20?. The summed E-state index contributed by atoms with van der Waals surface area (Å²) >= 11 is 0. The molecule has 0 aromatic rings. The van der Waals surface area contributed by atoms with E-state index in [1.54, 1.807) is 0 Å². The van der Waals surface area contributed by atoms with Crippen molar-refractivity contribution in [1.82, 2.24) is 10.6 Å². The average Bonchev–Trinajstić information content (AvgIpc) is 3.62. The molecule has 2 atom stereocenters. The van der Waals surface area contributed by atoms with Crippen molar-refractivity contribution in [2.45, 2.75) is 38.6 Å². The molecule has 0 spiro atoms. The fourth-order valence-corrected chi connectivity index (χ4v) is 3.88. The lowest BCUT2D eigenvalue weighted by Crippen LogP contribution is -2.39. The van der Waals surface area contributed by atoms with E-state index >= 15 is 0 Å². The van der Waals surface area contributed by atoms with Gasteiger partial charge >= 0.3 is 0 Å². The van der Waals surface area contributed by atoms with Crippen LogP contribution in [0.5, 0.6) is 0 Å². The van der Waals surface area contributed by atoms with Gasteiger partial charge in [0.15, 0.2) is 0 Å². The van der Waals surface area contributed by atoms with Crippen LogP contribution in [0.4, 0.5) is 4.39 Å². The summed E-state index contributed by atoms with van der Waals surface area (Å²) in [4.78, 5) is 12.8. The molecule has 0 heterocycles. The van der Waals surface area contributed by atoms with Crippen molar-refractivity contribution >= 4 is 24.0 Å². The summed E-state index contributed by atoms with van der Waals surface area (Å²) in [6, 6.07) is -0.640. The highest BCUT2D eigenvalue weighted by molar-refractivity contribution is 5.97. The molecule has 0 aliphatic heterocycles. The topological polar surface area (TPSA) is 131 Å². The molecule has 1 amide bonds. The summed E-state index contributed by atoms with van der Waals surface area (Å²) in [5.74, 6) is -0.517. The number of carbonyl (C=O) groups excluding carboxylic acids is 1. The van der Waals surface area contributed by atoms with Crippen LogP contribution in [-0.2, 0) is 14.3 Å². The van der Waals surface area contributed by atoms with E-state index in [4.69, 9.17) is 25.7 Å². The Hall–Kier alpha value is -2.55. The number of ether oxygens (including phenoxy) is 2. The second-order valence-electron chi connectivity index (χ2n) is 7.90. The van der Waals surface area contributed by atoms with Crippen LogP contribution in [0.25, 0.3) is 0 Å². The summed E-state index contributed by atoms with van der Waals surface area (Å²) in [6.07, 6.45) is 8.16. The first-order chi connectivity index (χ1) is 14.3. The second-order valence-corrected chi connectivity index (χ2v) is 7.90. The number of methoxy groups -OCH3 is 2. The third-order valence-electron chi connectivity index (χ3n) is 5.68. The van der Waals surface area contributed by atoms with E-state index < -0.39 is 12.0 Å². The number of allylic oxidation sites excluding steroid dienone is 2. The molecule has 2 fully saturated rings. The van der Waals surface area contributed by atoms with Gasteiger partial charge in [0.1, 0.15) is 5.70 Å².